The number of aryl methyl sites for hydroxylation is 1. The number of aliphatic carboxylic acids is 1. The average molecular weight is 237 g/mol. The quantitative estimate of drug-likeness (QED) is 0.845. The standard InChI is InChI=1S/C12H15NO4/c1-8-5-7-17-11(8)12(16)13(9-2-3-9)6-4-10(14)15/h5,7,9H,2-4,6H2,1H3,(H,14,15). The minimum absolute atomic E-state index is 0.0258. The molecule has 0 saturated heterocycles. The molecular weight excluding hydrogens is 222 g/mol. The second kappa shape index (κ2) is 4.61. The fourth-order valence-electron chi connectivity index (χ4n) is 1.77. The molecule has 17 heavy (non-hydrogen) atoms. The SMILES string of the molecule is Cc1ccoc1C(=O)N(CCC(=O)O)C1CC1. The predicted molar refractivity (Wildman–Crippen MR) is 59.8 cm³/mol. The van der Waals surface area contributed by atoms with Crippen molar-refractivity contribution >= 4 is 11.9 Å². The lowest BCUT2D eigenvalue weighted by atomic mass is 10.2. The van der Waals surface area contributed by atoms with Gasteiger partial charge >= 0.3 is 5.97 Å². The van der Waals surface area contributed by atoms with Crippen molar-refractivity contribution in [3.63, 3.8) is 0 Å². The molecule has 5 nitrogen and oxygen atoms in total. The monoisotopic (exact) mass is 237 g/mol. The summed E-state index contributed by atoms with van der Waals surface area (Å²) >= 11 is 0. The molecule has 1 N–H and O–H groups in total. The van der Waals surface area contributed by atoms with E-state index in [4.69, 9.17) is 9.52 Å². The Morgan fingerprint density at radius 1 is 1.53 bits per heavy atom. The smallest absolute Gasteiger partial charge is 0.305 e. The van der Waals surface area contributed by atoms with Crippen molar-refractivity contribution in [3.05, 3.63) is 23.7 Å². The van der Waals surface area contributed by atoms with Crippen LogP contribution < -0.4 is 0 Å². The Hall–Kier alpha value is -1.78. The van der Waals surface area contributed by atoms with Gasteiger partial charge in [0.1, 0.15) is 0 Å². The van der Waals surface area contributed by atoms with E-state index in [2.05, 4.69) is 0 Å². The van der Waals surface area contributed by atoms with Crippen LogP contribution >= 0.6 is 0 Å². The van der Waals surface area contributed by atoms with Gasteiger partial charge < -0.3 is 14.4 Å². The highest BCUT2D eigenvalue weighted by atomic mass is 16.4. The summed E-state index contributed by atoms with van der Waals surface area (Å²) in [6, 6.07) is 1.92. The molecule has 5 heteroatoms. The Balaban J connectivity index is 2.08. The molecule has 1 amide bonds. The largest absolute Gasteiger partial charge is 0.481 e. The van der Waals surface area contributed by atoms with E-state index in [9.17, 15) is 9.59 Å². The van der Waals surface area contributed by atoms with E-state index in [1.807, 2.05) is 0 Å². The molecule has 1 aromatic heterocycles. The van der Waals surface area contributed by atoms with Crippen molar-refractivity contribution in [2.45, 2.75) is 32.2 Å². The van der Waals surface area contributed by atoms with E-state index in [1.54, 1.807) is 17.9 Å². The van der Waals surface area contributed by atoms with E-state index in [-0.39, 0.29) is 24.9 Å². The lowest BCUT2D eigenvalue weighted by molar-refractivity contribution is -0.137. The zero-order valence-electron chi connectivity index (χ0n) is 9.68. The highest BCUT2D eigenvalue weighted by Gasteiger charge is 2.34. The summed E-state index contributed by atoms with van der Waals surface area (Å²) in [4.78, 5) is 24.3. The van der Waals surface area contributed by atoms with Crippen LogP contribution in [0.2, 0.25) is 0 Å². The minimum atomic E-state index is -0.889. The van der Waals surface area contributed by atoms with Crippen molar-refractivity contribution in [1.82, 2.24) is 4.90 Å². The number of carbonyl (C=O) groups excluding carboxylic acids is 1. The van der Waals surface area contributed by atoms with Gasteiger partial charge in [-0.2, -0.15) is 0 Å². The number of hydrogen-bond donors (Lipinski definition) is 1. The number of hydrogen-bond acceptors (Lipinski definition) is 3. The van der Waals surface area contributed by atoms with Crippen LogP contribution in [-0.4, -0.2) is 34.5 Å². The van der Waals surface area contributed by atoms with E-state index in [0.29, 0.717) is 5.76 Å². The maximum absolute atomic E-state index is 12.2. The Morgan fingerprint density at radius 2 is 2.24 bits per heavy atom. The van der Waals surface area contributed by atoms with Gasteiger partial charge in [-0.3, -0.25) is 9.59 Å². The Bertz CT molecular complexity index is 433. The molecule has 1 heterocycles. The summed E-state index contributed by atoms with van der Waals surface area (Å²) in [5.74, 6) is -0.766. The Labute approximate surface area is 99.0 Å². The van der Waals surface area contributed by atoms with Gasteiger partial charge in [0.05, 0.1) is 12.7 Å². The van der Waals surface area contributed by atoms with E-state index in [1.165, 1.54) is 6.26 Å². The molecule has 0 bridgehead atoms. The van der Waals surface area contributed by atoms with E-state index < -0.39 is 5.97 Å². The van der Waals surface area contributed by atoms with Crippen molar-refractivity contribution in [2.24, 2.45) is 0 Å². The average Bonchev–Trinajstić information content (AvgIpc) is 3.00. The summed E-state index contributed by atoms with van der Waals surface area (Å²) in [7, 11) is 0. The molecule has 1 saturated carbocycles. The summed E-state index contributed by atoms with van der Waals surface area (Å²) in [6.07, 6.45) is 3.35. The predicted octanol–water partition coefficient (Wildman–Crippen LogP) is 1.67. The third-order valence-corrected chi connectivity index (χ3v) is 2.87. The number of carboxylic acids is 1. The lowest BCUT2D eigenvalue weighted by Crippen LogP contribution is -2.35. The first-order valence-corrected chi connectivity index (χ1v) is 5.66. The maximum atomic E-state index is 12.2. The van der Waals surface area contributed by atoms with Gasteiger partial charge in [-0.05, 0) is 25.8 Å². The first-order chi connectivity index (χ1) is 8.09. The molecule has 0 unspecified atom stereocenters. The third-order valence-electron chi connectivity index (χ3n) is 2.87. The van der Waals surface area contributed by atoms with Gasteiger partial charge in [-0.25, -0.2) is 0 Å². The zero-order chi connectivity index (χ0) is 12.4. The van der Waals surface area contributed by atoms with Gasteiger partial charge in [-0.1, -0.05) is 0 Å². The summed E-state index contributed by atoms with van der Waals surface area (Å²) in [5.41, 5.74) is 0.788. The van der Waals surface area contributed by atoms with Crippen LogP contribution in [-0.2, 0) is 4.79 Å². The molecule has 0 atom stereocenters. The number of furan rings is 1. The number of carbonyl (C=O) groups is 2. The lowest BCUT2D eigenvalue weighted by Gasteiger charge is -2.20. The fourth-order valence-corrected chi connectivity index (χ4v) is 1.77. The number of amides is 1. The van der Waals surface area contributed by atoms with Crippen LogP contribution in [0.3, 0.4) is 0 Å². The number of nitrogens with zero attached hydrogens (tertiary/aromatic N) is 1. The fraction of sp³-hybridized carbons (Fsp3) is 0.500. The van der Waals surface area contributed by atoms with Gasteiger partial charge in [0.2, 0.25) is 0 Å². The van der Waals surface area contributed by atoms with E-state index in [0.717, 1.165) is 18.4 Å². The van der Waals surface area contributed by atoms with E-state index >= 15 is 0 Å². The van der Waals surface area contributed by atoms with Crippen LogP contribution in [0.5, 0.6) is 0 Å². The molecule has 2 rings (SSSR count). The normalized spacial score (nSPS) is 14.6. The molecule has 0 spiro atoms. The minimum Gasteiger partial charge on any atom is -0.481 e. The Kier molecular flexibility index (Phi) is 3.17. The van der Waals surface area contributed by atoms with Gasteiger partial charge in [0, 0.05) is 18.2 Å². The summed E-state index contributed by atoms with van der Waals surface area (Å²) in [5, 5.41) is 8.67. The van der Waals surface area contributed by atoms with Gasteiger partial charge in [-0.15, -0.1) is 0 Å². The summed E-state index contributed by atoms with van der Waals surface area (Å²) in [6.45, 7) is 2.05. The molecular formula is C12H15NO4. The highest BCUT2D eigenvalue weighted by Crippen LogP contribution is 2.29. The summed E-state index contributed by atoms with van der Waals surface area (Å²) < 4.78 is 5.15. The third kappa shape index (κ3) is 2.67. The second-order valence-corrected chi connectivity index (χ2v) is 4.31. The second-order valence-electron chi connectivity index (χ2n) is 4.31. The molecule has 1 aromatic rings. The maximum Gasteiger partial charge on any atom is 0.305 e. The van der Waals surface area contributed by atoms with Crippen molar-refractivity contribution in [3.8, 4) is 0 Å². The highest BCUT2D eigenvalue weighted by molar-refractivity contribution is 5.93. The molecule has 1 fully saturated rings. The van der Waals surface area contributed by atoms with Crippen LogP contribution in [0.4, 0.5) is 0 Å². The topological polar surface area (TPSA) is 70.8 Å². The van der Waals surface area contributed by atoms with Gasteiger partial charge in [0.15, 0.2) is 5.76 Å². The zero-order valence-corrected chi connectivity index (χ0v) is 9.68. The van der Waals surface area contributed by atoms with Crippen LogP contribution in [0.25, 0.3) is 0 Å². The Morgan fingerprint density at radius 3 is 2.71 bits per heavy atom. The van der Waals surface area contributed by atoms with Crippen molar-refractivity contribution < 1.29 is 19.1 Å². The molecule has 0 aromatic carbocycles. The van der Waals surface area contributed by atoms with Gasteiger partial charge in [0.25, 0.3) is 5.91 Å². The molecule has 0 radical (unpaired) electrons. The molecule has 1 aliphatic carbocycles. The molecule has 0 aliphatic heterocycles. The first-order valence-electron chi connectivity index (χ1n) is 5.66. The van der Waals surface area contributed by atoms with Crippen LogP contribution in [0.15, 0.2) is 16.7 Å². The van der Waals surface area contributed by atoms with Crippen molar-refractivity contribution in [2.75, 3.05) is 6.54 Å². The van der Waals surface area contributed by atoms with Crippen molar-refractivity contribution in [1.29, 1.82) is 0 Å². The van der Waals surface area contributed by atoms with Crippen LogP contribution in [0, 0.1) is 6.92 Å². The first kappa shape index (κ1) is 11.7. The molecule has 1 aliphatic rings. The number of rotatable bonds is 5. The van der Waals surface area contributed by atoms with Crippen LogP contribution in [0.1, 0.15) is 35.4 Å². The number of carboxylic acid groups (broad SMARTS) is 1. The molecule has 92 valence electrons.